The third kappa shape index (κ3) is 5.05. The van der Waals surface area contributed by atoms with E-state index in [4.69, 9.17) is 5.10 Å². The van der Waals surface area contributed by atoms with Gasteiger partial charge in [0.05, 0.1) is 39.8 Å². The SMILES string of the molecule is Cc1cc(C)n(Cc2cc(-c3ccc[n+](CC(=O)c4cccs4)c3)n(-c3ccncc3)n2)n1.[Br-]. The average Bonchev–Trinajstić information content (AvgIpc) is 3.56. The molecule has 5 aromatic heterocycles. The largest absolute Gasteiger partial charge is 1.00 e. The normalized spacial score (nSPS) is 10.8. The lowest BCUT2D eigenvalue weighted by atomic mass is 10.2. The van der Waals surface area contributed by atoms with E-state index in [2.05, 4.69) is 22.2 Å². The van der Waals surface area contributed by atoms with Crippen molar-refractivity contribution >= 4 is 17.1 Å². The Hall–Kier alpha value is -3.43. The highest BCUT2D eigenvalue weighted by molar-refractivity contribution is 7.12. The van der Waals surface area contributed by atoms with Gasteiger partial charge in [0.1, 0.15) is 0 Å². The van der Waals surface area contributed by atoms with E-state index in [0.717, 1.165) is 38.9 Å². The van der Waals surface area contributed by atoms with Gasteiger partial charge in [-0.15, -0.1) is 11.3 Å². The zero-order valence-corrected chi connectivity index (χ0v) is 21.2. The molecule has 5 heterocycles. The predicted octanol–water partition coefficient (Wildman–Crippen LogP) is 1.03. The summed E-state index contributed by atoms with van der Waals surface area (Å²) >= 11 is 1.47. The summed E-state index contributed by atoms with van der Waals surface area (Å²) in [6, 6.07) is 15.8. The van der Waals surface area contributed by atoms with Crippen LogP contribution >= 0.6 is 11.3 Å². The topological polar surface area (TPSA) is 69.5 Å². The van der Waals surface area contributed by atoms with Crippen molar-refractivity contribution < 1.29 is 26.3 Å². The predicted molar refractivity (Wildman–Crippen MR) is 126 cm³/mol. The zero-order chi connectivity index (χ0) is 22.8. The molecule has 0 aliphatic rings. The molecule has 34 heavy (non-hydrogen) atoms. The number of aryl methyl sites for hydroxylation is 2. The van der Waals surface area contributed by atoms with Crippen LogP contribution in [-0.4, -0.2) is 30.3 Å². The zero-order valence-electron chi connectivity index (χ0n) is 18.8. The summed E-state index contributed by atoms with van der Waals surface area (Å²) in [4.78, 5) is 17.5. The molecule has 0 atom stereocenters. The van der Waals surface area contributed by atoms with Crippen LogP contribution in [0, 0.1) is 13.8 Å². The lowest BCUT2D eigenvalue weighted by molar-refractivity contribution is -0.682. The molecule has 0 aliphatic carbocycles. The van der Waals surface area contributed by atoms with Crippen LogP contribution in [-0.2, 0) is 13.1 Å². The Morgan fingerprint density at radius 3 is 2.59 bits per heavy atom. The quantitative estimate of drug-likeness (QED) is 0.231. The van der Waals surface area contributed by atoms with E-state index in [1.54, 1.807) is 12.4 Å². The van der Waals surface area contributed by atoms with Gasteiger partial charge in [0.15, 0.2) is 12.4 Å². The lowest BCUT2D eigenvalue weighted by Crippen LogP contribution is -3.00. The maximum atomic E-state index is 12.6. The molecule has 0 unspecified atom stereocenters. The van der Waals surface area contributed by atoms with Gasteiger partial charge < -0.3 is 17.0 Å². The Kier molecular flexibility index (Phi) is 7.14. The van der Waals surface area contributed by atoms with Crippen LogP contribution in [0.4, 0.5) is 0 Å². The molecule has 0 spiro atoms. The van der Waals surface area contributed by atoms with E-state index in [-0.39, 0.29) is 29.3 Å². The first-order valence-electron chi connectivity index (χ1n) is 10.6. The second-order valence-corrected chi connectivity index (χ2v) is 8.84. The van der Waals surface area contributed by atoms with E-state index in [9.17, 15) is 4.79 Å². The molecule has 9 heteroatoms. The number of carbonyl (C=O) groups excluding carboxylic acids is 1. The molecule has 0 saturated heterocycles. The van der Waals surface area contributed by atoms with Crippen LogP contribution < -0.4 is 21.5 Å². The monoisotopic (exact) mass is 534 g/mol. The number of ketones is 1. The first-order valence-corrected chi connectivity index (χ1v) is 11.5. The fourth-order valence-corrected chi connectivity index (χ4v) is 4.49. The Labute approximate surface area is 212 Å². The van der Waals surface area contributed by atoms with Crippen molar-refractivity contribution in [2.45, 2.75) is 26.9 Å². The third-order valence-electron chi connectivity index (χ3n) is 5.36. The molecule has 0 saturated carbocycles. The number of Topliss-reactive ketones (excluding diaryl/α,β-unsaturated/α-hetero) is 1. The van der Waals surface area contributed by atoms with Gasteiger partial charge >= 0.3 is 0 Å². The minimum atomic E-state index is 0. The van der Waals surface area contributed by atoms with Crippen molar-refractivity contribution in [1.29, 1.82) is 0 Å². The number of hydrogen-bond acceptors (Lipinski definition) is 5. The van der Waals surface area contributed by atoms with Crippen LogP contribution in [0.5, 0.6) is 0 Å². The van der Waals surface area contributed by atoms with Crippen LogP contribution in [0.25, 0.3) is 16.9 Å². The molecule has 7 nitrogen and oxygen atoms in total. The molecule has 0 amide bonds. The summed E-state index contributed by atoms with van der Waals surface area (Å²) in [6.45, 7) is 4.90. The second-order valence-electron chi connectivity index (χ2n) is 7.89. The standard InChI is InChI=1S/C25H23N6OS.BrH/c1-18-13-19(2)30(27-18)16-21-14-23(31(28-21)22-7-9-26-10-8-22)20-5-3-11-29(15-20)17-24(32)25-6-4-12-33-25;/h3-15H,16-17H2,1-2H3;1H/q+1;/p-1. The van der Waals surface area contributed by atoms with Gasteiger partial charge in [-0.25, -0.2) is 4.68 Å². The van der Waals surface area contributed by atoms with E-state index in [1.807, 2.05) is 82.0 Å². The summed E-state index contributed by atoms with van der Waals surface area (Å²) in [5.74, 6) is 0.0972. The number of nitrogens with zero attached hydrogens (tertiary/aromatic N) is 6. The van der Waals surface area contributed by atoms with Crippen molar-refractivity contribution in [3.05, 3.63) is 101 Å². The average molecular weight is 535 g/mol. The molecule has 0 radical (unpaired) electrons. The van der Waals surface area contributed by atoms with E-state index in [1.165, 1.54) is 11.3 Å². The minimum absolute atomic E-state index is 0. The molecule has 0 bridgehead atoms. The summed E-state index contributed by atoms with van der Waals surface area (Å²) < 4.78 is 5.80. The maximum absolute atomic E-state index is 12.6. The first kappa shape index (κ1) is 23.7. The van der Waals surface area contributed by atoms with Crippen molar-refractivity contribution in [3.63, 3.8) is 0 Å². The van der Waals surface area contributed by atoms with Gasteiger partial charge in [-0.2, -0.15) is 14.8 Å². The van der Waals surface area contributed by atoms with Crippen LogP contribution in [0.3, 0.4) is 0 Å². The van der Waals surface area contributed by atoms with Crippen molar-refractivity contribution in [1.82, 2.24) is 24.5 Å². The lowest BCUT2D eigenvalue weighted by Gasteiger charge is -2.06. The number of hydrogen-bond donors (Lipinski definition) is 0. The van der Waals surface area contributed by atoms with Crippen molar-refractivity contribution in [3.8, 4) is 16.9 Å². The van der Waals surface area contributed by atoms with Gasteiger partial charge in [0.25, 0.3) is 0 Å². The molecule has 5 rings (SSSR count). The Morgan fingerprint density at radius 1 is 1.06 bits per heavy atom. The molecule has 0 aromatic carbocycles. The van der Waals surface area contributed by atoms with Crippen LogP contribution in [0.2, 0.25) is 0 Å². The number of pyridine rings is 2. The van der Waals surface area contributed by atoms with Gasteiger partial charge in [0.2, 0.25) is 12.3 Å². The second kappa shape index (κ2) is 10.2. The molecule has 0 fully saturated rings. The number of thiophene rings is 1. The highest BCUT2D eigenvalue weighted by Gasteiger charge is 2.18. The Bertz CT molecular complexity index is 1410. The number of rotatable bonds is 7. The van der Waals surface area contributed by atoms with E-state index in [0.29, 0.717) is 6.54 Å². The number of carbonyl (C=O) groups is 1. The molecule has 0 N–H and O–H groups in total. The highest BCUT2D eigenvalue weighted by Crippen LogP contribution is 2.23. The van der Waals surface area contributed by atoms with Gasteiger partial charge in [-0.1, -0.05) is 6.07 Å². The summed E-state index contributed by atoms with van der Waals surface area (Å²) in [7, 11) is 0. The molecule has 5 aromatic rings. The molecular formula is C25H23BrN6OS. The number of aromatic nitrogens is 6. The van der Waals surface area contributed by atoms with Crippen LogP contribution in [0.15, 0.2) is 78.7 Å². The fourth-order valence-electron chi connectivity index (χ4n) is 3.84. The first-order chi connectivity index (χ1) is 16.1. The third-order valence-corrected chi connectivity index (χ3v) is 6.27. The molecule has 172 valence electrons. The minimum Gasteiger partial charge on any atom is -1.00 e. The van der Waals surface area contributed by atoms with E-state index < -0.39 is 0 Å². The summed E-state index contributed by atoms with van der Waals surface area (Å²) in [5, 5.41) is 11.4. The van der Waals surface area contributed by atoms with Crippen molar-refractivity contribution in [2.24, 2.45) is 0 Å². The number of halogens is 1. The van der Waals surface area contributed by atoms with Crippen molar-refractivity contribution in [2.75, 3.05) is 0 Å². The Balaban J connectivity index is 0.00000274. The smallest absolute Gasteiger partial charge is 0.237 e. The molecule has 0 aliphatic heterocycles. The highest BCUT2D eigenvalue weighted by atomic mass is 79.9. The van der Waals surface area contributed by atoms with Gasteiger partial charge in [-0.05, 0) is 55.6 Å². The molecular weight excluding hydrogens is 512 g/mol. The van der Waals surface area contributed by atoms with Gasteiger partial charge in [0, 0.05) is 24.2 Å². The van der Waals surface area contributed by atoms with E-state index >= 15 is 0 Å². The summed E-state index contributed by atoms with van der Waals surface area (Å²) in [5.41, 5.74) is 5.82. The van der Waals surface area contributed by atoms with Gasteiger partial charge in [-0.3, -0.25) is 14.5 Å². The van der Waals surface area contributed by atoms with Crippen LogP contribution in [0.1, 0.15) is 26.8 Å². The summed E-state index contributed by atoms with van der Waals surface area (Å²) in [6.07, 6.45) is 7.42. The fraction of sp³-hybridized carbons (Fsp3) is 0.160. The maximum Gasteiger partial charge on any atom is 0.237 e. The Morgan fingerprint density at radius 2 is 1.88 bits per heavy atom.